The van der Waals surface area contributed by atoms with Crippen molar-refractivity contribution in [2.24, 2.45) is 10.2 Å². The van der Waals surface area contributed by atoms with E-state index in [9.17, 15) is 22.6 Å². The summed E-state index contributed by atoms with van der Waals surface area (Å²) in [5.41, 5.74) is 10.7. The number of benzene rings is 2. The zero-order chi connectivity index (χ0) is 25.0. The van der Waals surface area contributed by atoms with E-state index < -0.39 is 26.3 Å². The van der Waals surface area contributed by atoms with Crippen molar-refractivity contribution >= 4 is 38.6 Å². The van der Waals surface area contributed by atoms with Gasteiger partial charge in [-0.3, -0.25) is 25.2 Å². The lowest BCUT2D eigenvalue weighted by molar-refractivity contribution is 0.416. The fourth-order valence-corrected chi connectivity index (χ4v) is 3.46. The molecule has 0 bridgehead atoms. The summed E-state index contributed by atoms with van der Waals surface area (Å²) in [6, 6.07) is 5.40. The third-order valence-electron chi connectivity index (χ3n) is 4.52. The van der Waals surface area contributed by atoms with Gasteiger partial charge in [-0.05, 0) is 24.6 Å². The second-order valence-electron chi connectivity index (χ2n) is 6.81. The molecule has 2 aromatic carbocycles. The van der Waals surface area contributed by atoms with Gasteiger partial charge >= 0.3 is 5.69 Å². The molecule has 0 saturated heterocycles. The van der Waals surface area contributed by atoms with Gasteiger partial charge in [-0.2, -0.15) is 13.5 Å². The van der Waals surface area contributed by atoms with Crippen LogP contribution < -0.4 is 37.3 Å². The summed E-state index contributed by atoms with van der Waals surface area (Å²) < 4.78 is 44.2. The summed E-state index contributed by atoms with van der Waals surface area (Å²) in [7, 11) is -2.00. The van der Waals surface area contributed by atoms with E-state index in [0.717, 1.165) is 12.3 Å². The lowest BCUT2D eigenvalue weighted by Crippen LogP contribution is -2.26. The molecular formula is C19H21N7O7S. The van der Waals surface area contributed by atoms with Crippen molar-refractivity contribution in [1.82, 2.24) is 9.97 Å². The highest BCUT2D eigenvalue weighted by Crippen LogP contribution is 2.37. The van der Waals surface area contributed by atoms with Crippen LogP contribution in [0.4, 0.5) is 28.4 Å². The molecule has 0 aliphatic heterocycles. The van der Waals surface area contributed by atoms with E-state index in [1.54, 1.807) is 13.0 Å². The van der Waals surface area contributed by atoms with E-state index >= 15 is 0 Å². The van der Waals surface area contributed by atoms with Crippen molar-refractivity contribution in [3.05, 3.63) is 56.9 Å². The molecule has 3 aromatic rings. The lowest BCUT2D eigenvalue weighted by Gasteiger charge is -2.14. The summed E-state index contributed by atoms with van der Waals surface area (Å²) in [6.45, 7) is 1.73. The van der Waals surface area contributed by atoms with Crippen LogP contribution in [0.25, 0.3) is 0 Å². The van der Waals surface area contributed by atoms with Gasteiger partial charge in [-0.1, -0.05) is 0 Å². The van der Waals surface area contributed by atoms with E-state index in [-0.39, 0.29) is 22.8 Å². The van der Waals surface area contributed by atoms with Gasteiger partial charge in [0.05, 0.1) is 31.3 Å². The zero-order valence-corrected chi connectivity index (χ0v) is 19.0. The minimum absolute atomic E-state index is 0.0324. The number of nitrogens with zero attached hydrogens (tertiary/aromatic N) is 2. The number of methoxy groups -OCH3 is 2. The molecular weight excluding hydrogens is 470 g/mol. The molecule has 180 valence electrons. The average Bonchev–Trinajstić information content (AvgIpc) is 2.77. The Labute approximate surface area is 192 Å². The van der Waals surface area contributed by atoms with Crippen LogP contribution in [0.15, 0.2) is 55.2 Å². The maximum absolute atomic E-state index is 12.0. The van der Waals surface area contributed by atoms with Gasteiger partial charge in [0.15, 0.2) is 0 Å². The van der Waals surface area contributed by atoms with Crippen LogP contribution >= 0.6 is 0 Å². The van der Waals surface area contributed by atoms with E-state index in [2.05, 4.69) is 26.1 Å². The first-order chi connectivity index (χ1) is 16.0. The van der Waals surface area contributed by atoms with Crippen molar-refractivity contribution in [3.8, 4) is 11.5 Å². The summed E-state index contributed by atoms with van der Waals surface area (Å²) >= 11 is 0. The molecule has 0 atom stereocenters. The van der Waals surface area contributed by atoms with Gasteiger partial charge < -0.3 is 20.2 Å². The number of hydrogen-bond donors (Lipinski definition) is 6. The van der Waals surface area contributed by atoms with Crippen molar-refractivity contribution in [2.45, 2.75) is 11.8 Å². The highest BCUT2D eigenvalue weighted by atomic mass is 32.2. The standard InChI is InChI=1S/C19H21N7O7S/c1-9-4-10(20)15(32-2)5-11(9)23-25-13-6-16(33-3)12(7-17(13)34(29,30)31)24-26-14-8-21-19(28)22-18(14)27/h4-8,24,26H,20H2,1-3H3,(H,29,30,31)(H2,21,22,27,28). The van der Waals surface area contributed by atoms with Gasteiger partial charge in [0.2, 0.25) is 0 Å². The molecule has 0 unspecified atom stereocenters. The Morgan fingerprint density at radius 1 is 0.971 bits per heavy atom. The van der Waals surface area contributed by atoms with Gasteiger partial charge in [0, 0.05) is 18.3 Å². The number of nitrogen functional groups attached to an aromatic ring is 1. The van der Waals surface area contributed by atoms with Crippen LogP contribution in [0.3, 0.4) is 0 Å². The Bertz CT molecular complexity index is 1480. The van der Waals surface area contributed by atoms with Crippen molar-refractivity contribution in [3.63, 3.8) is 0 Å². The molecule has 7 N–H and O–H groups in total. The fourth-order valence-electron chi connectivity index (χ4n) is 2.83. The van der Waals surface area contributed by atoms with Gasteiger partial charge in [0.25, 0.3) is 15.7 Å². The molecule has 15 heteroatoms. The summed E-state index contributed by atoms with van der Waals surface area (Å²) in [4.78, 5) is 26.7. The monoisotopic (exact) mass is 491 g/mol. The quantitative estimate of drug-likeness (QED) is 0.117. The summed E-state index contributed by atoms with van der Waals surface area (Å²) in [6.07, 6.45) is 1.11. The van der Waals surface area contributed by atoms with Gasteiger partial charge in [0.1, 0.15) is 27.8 Å². The Balaban J connectivity index is 2.03. The Morgan fingerprint density at radius 3 is 2.21 bits per heavy atom. The highest BCUT2D eigenvalue weighted by molar-refractivity contribution is 7.86. The molecule has 1 heterocycles. The minimum Gasteiger partial charge on any atom is -0.495 e. The first kappa shape index (κ1) is 24.3. The molecule has 1 aromatic heterocycles. The number of nitrogens with two attached hydrogens (primary N) is 1. The van der Waals surface area contributed by atoms with Crippen molar-refractivity contribution in [1.29, 1.82) is 0 Å². The van der Waals surface area contributed by atoms with E-state index in [0.29, 0.717) is 22.7 Å². The number of H-pyrrole nitrogens is 2. The molecule has 0 aliphatic carbocycles. The Morgan fingerprint density at radius 2 is 1.59 bits per heavy atom. The molecule has 0 saturated carbocycles. The topological polar surface area (TPSA) is 213 Å². The first-order valence-electron chi connectivity index (χ1n) is 9.43. The van der Waals surface area contributed by atoms with Crippen LogP contribution in [-0.2, 0) is 10.1 Å². The number of rotatable bonds is 8. The number of aromatic amines is 2. The predicted octanol–water partition coefficient (Wildman–Crippen LogP) is 2.07. The molecule has 34 heavy (non-hydrogen) atoms. The highest BCUT2D eigenvalue weighted by Gasteiger charge is 2.20. The third kappa shape index (κ3) is 5.33. The van der Waals surface area contributed by atoms with Crippen LogP contribution in [0.1, 0.15) is 5.56 Å². The largest absolute Gasteiger partial charge is 0.495 e. The van der Waals surface area contributed by atoms with Gasteiger partial charge in [-0.15, -0.1) is 5.11 Å². The van der Waals surface area contributed by atoms with Gasteiger partial charge in [-0.25, -0.2) is 4.79 Å². The number of hydrogen-bond acceptors (Lipinski definition) is 11. The minimum atomic E-state index is -4.75. The lowest BCUT2D eigenvalue weighted by atomic mass is 10.1. The predicted molar refractivity (Wildman–Crippen MR) is 124 cm³/mol. The van der Waals surface area contributed by atoms with Crippen molar-refractivity contribution in [2.75, 3.05) is 30.8 Å². The fraction of sp³-hybridized carbons (Fsp3) is 0.158. The Kier molecular flexibility index (Phi) is 6.88. The van der Waals surface area contributed by atoms with Crippen LogP contribution in [0.2, 0.25) is 0 Å². The number of anilines is 3. The second-order valence-corrected chi connectivity index (χ2v) is 8.20. The van der Waals surface area contributed by atoms with E-state index in [1.807, 2.05) is 4.98 Å². The molecule has 0 amide bonds. The maximum atomic E-state index is 12.0. The second kappa shape index (κ2) is 9.63. The molecule has 0 aliphatic rings. The average molecular weight is 491 g/mol. The van der Waals surface area contributed by atoms with Crippen molar-refractivity contribution < 1.29 is 22.4 Å². The van der Waals surface area contributed by atoms with E-state index in [4.69, 9.17) is 15.2 Å². The van der Waals surface area contributed by atoms with E-state index in [1.165, 1.54) is 26.4 Å². The smallest absolute Gasteiger partial charge is 0.325 e. The van der Waals surface area contributed by atoms with Crippen LogP contribution in [0, 0.1) is 6.92 Å². The molecule has 3 rings (SSSR count). The molecule has 0 radical (unpaired) electrons. The first-order valence-corrected chi connectivity index (χ1v) is 10.9. The number of aromatic nitrogens is 2. The molecule has 14 nitrogen and oxygen atoms in total. The number of azo groups is 1. The maximum Gasteiger partial charge on any atom is 0.325 e. The Hall–Kier alpha value is -4.37. The summed E-state index contributed by atoms with van der Waals surface area (Å²) in [5.74, 6) is 0.455. The normalized spacial score (nSPS) is 11.4. The number of nitrogens with one attached hydrogen (secondary N) is 4. The SMILES string of the molecule is COc1cc(N=Nc2cc(OC)c(NNc3c[nH]c(=O)[nH]c3=O)cc2S(=O)(=O)O)c(C)cc1N. The molecule has 0 spiro atoms. The summed E-state index contributed by atoms with van der Waals surface area (Å²) in [5, 5.41) is 8.03. The third-order valence-corrected chi connectivity index (χ3v) is 5.41. The molecule has 0 fully saturated rings. The van der Waals surface area contributed by atoms with Crippen LogP contribution in [0.5, 0.6) is 11.5 Å². The number of aryl methyl sites for hydroxylation is 1. The number of ether oxygens (including phenoxy) is 2. The zero-order valence-electron chi connectivity index (χ0n) is 18.2. The van der Waals surface area contributed by atoms with Crippen LogP contribution in [-0.4, -0.2) is 37.2 Å². The number of hydrazine groups is 1.